The predicted octanol–water partition coefficient (Wildman–Crippen LogP) is 1.90. The molecule has 1 N–H and O–H groups in total. The minimum atomic E-state index is 0.639. The van der Waals surface area contributed by atoms with Gasteiger partial charge in [0.05, 0.1) is 24.4 Å². The molecule has 104 valence electrons. The molecule has 2 aromatic rings. The summed E-state index contributed by atoms with van der Waals surface area (Å²) in [5.74, 6) is 0.791. The van der Waals surface area contributed by atoms with Gasteiger partial charge in [-0.2, -0.15) is 10.4 Å². The Bertz CT molecular complexity index is 640. The Kier molecular flexibility index (Phi) is 4.38. The van der Waals surface area contributed by atoms with Gasteiger partial charge in [-0.25, -0.2) is 0 Å². The highest BCUT2D eigenvalue weighted by Gasteiger charge is 2.06. The van der Waals surface area contributed by atoms with Gasteiger partial charge in [0.1, 0.15) is 5.75 Å². The van der Waals surface area contributed by atoms with E-state index in [0.717, 1.165) is 23.6 Å². The van der Waals surface area contributed by atoms with E-state index in [9.17, 15) is 0 Å². The van der Waals surface area contributed by atoms with E-state index >= 15 is 0 Å². The summed E-state index contributed by atoms with van der Waals surface area (Å²) in [6.45, 7) is 3.38. The van der Waals surface area contributed by atoms with Crippen molar-refractivity contribution in [3.8, 4) is 11.8 Å². The van der Waals surface area contributed by atoms with E-state index in [1.807, 2.05) is 37.0 Å². The van der Waals surface area contributed by atoms with E-state index in [1.165, 1.54) is 5.56 Å². The van der Waals surface area contributed by atoms with Crippen LogP contribution in [0.15, 0.2) is 24.4 Å². The zero-order chi connectivity index (χ0) is 14.5. The molecule has 2 rings (SSSR count). The topological polar surface area (TPSA) is 62.9 Å². The minimum Gasteiger partial charge on any atom is -0.496 e. The molecule has 1 aromatic heterocycles. The van der Waals surface area contributed by atoms with Crippen LogP contribution in [0.3, 0.4) is 0 Å². The van der Waals surface area contributed by atoms with Gasteiger partial charge in [-0.1, -0.05) is 0 Å². The van der Waals surface area contributed by atoms with Crippen LogP contribution in [0.2, 0.25) is 0 Å². The fourth-order valence-corrected chi connectivity index (χ4v) is 2.14. The monoisotopic (exact) mass is 270 g/mol. The van der Waals surface area contributed by atoms with Crippen LogP contribution in [-0.4, -0.2) is 16.9 Å². The average molecular weight is 270 g/mol. The van der Waals surface area contributed by atoms with Crippen molar-refractivity contribution >= 4 is 0 Å². The Morgan fingerprint density at radius 2 is 2.10 bits per heavy atom. The number of hydrogen-bond donors (Lipinski definition) is 1. The number of ether oxygens (including phenoxy) is 1. The van der Waals surface area contributed by atoms with Crippen molar-refractivity contribution in [1.82, 2.24) is 15.1 Å². The molecule has 0 spiro atoms. The highest BCUT2D eigenvalue weighted by Crippen LogP contribution is 2.19. The third kappa shape index (κ3) is 3.16. The van der Waals surface area contributed by atoms with Crippen LogP contribution in [0.1, 0.15) is 22.4 Å². The van der Waals surface area contributed by atoms with Crippen LogP contribution in [0.25, 0.3) is 0 Å². The Balaban J connectivity index is 2.03. The molecule has 0 bridgehead atoms. The maximum atomic E-state index is 8.95. The van der Waals surface area contributed by atoms with Gasteiger partial charge in [0.2, 0.25) is 0 Å². The summed E-state index contributed by atoms with van der Waals surface area (Å²) < 4.78 is 7.12. The third-order valence-corrected chi connectivity index (χ3v) is 3.16. The first-order valence-electron chi connectivity index (χ1n) is 6.41. The number of rotatable bonds is 5. The molecule has 0 amide bonds. The zero-order valence-corrected chi connectivity index (χ0v) is 12.0. The Morgan fingerprint density at radius 1 is 1.35 bits per heavy atom. The van der Waals surface area contributed by atoms with E-state index < -0.39 is 0 Å². The molecule has 1 aromatic carbocycles. The molecule has 5 heteroatoms. The number of benzene rings is 1. The summed E-state index contributed by atoms with van der Waals surface area (Å²) in [7, 11) is 3.55. The summed E-state index contributed by atoms with van der Waals surface area (Å²) in [4.78, 5) is 0. The molecule has 5 nitrogen and oxygen atoms in total. The minimum absolute atomic E-state index is 0.639. The highest BCUT2D eigenvalue weighted by atomic mass is 16.5. The molecular formula is C15H18N4O. The smallest absolute Gasteiger partial charge is 0.123 e. The van der Waals surface area contributed by atoms with Crippen molar-refractivity contribution in [3.63, 3.8) is 0 Å². The molecule has 0 aliphatic carbocycles. The lowest BCUT2D eigenvalue weighted by Crippen LogP contribution is -2.13. The number of aryl methyl sites for hydroxylation is 2. The number of aromatic nitrogens is 2. The molecular weight excluding hydrogens is 252 g/mol. The number of hydrogen-bond acceptors (Lipinski definition) is 4. The molecule has 0 aliphatic rings. The summed E-state index contributed by atoms with van der Waals surface area (Å²) >= 11 is 0. The number of nitrogens with one attached hydrogen (secondary N) is 1. The maximum absolute atomic E-state index is 8.95. The largest absolute Gasteiger partial charge is 0.496 e. The highest BCUT2D eigenvalue weighted by molar-refractivity contribution is 5.42. The lowest BCUT2D eigenvalue weighted by Gasteiger charge is -2.09. The fraction of sp³-hybridized carbons (Fsp3) is 0.333. The predicted molar refractivity (Wildman–Crippen MR) is 76.2 cm³/mol. The van der Waals surface area contributed by atoms with E-state index in [2.05, 4.69) is 16.5 Å². The van der Waals surface area contributed by atoms with Crippen molar-refractivity contribution in [2.24, 2.45) is 7.05 Å². The van der Waals surface area contributed by atoms with Crippen LogP contribution >= 0.6 is 0 Å². The first-order valence-corrected chi connectivity index (χ1v) is 6.41. The van der Waals surface area contributed by atoms with Gasteiger partial charge in [-0.15, -0.1) is 0 Å². The molecule has 0 aliphatic heterocycles. The first kappa shape index (κ1) is 14.1. The average Bonchev–Trinajstić information content (AvgIpc) is 2.77. The molecule has 0 fully saturated rings. The first-order chi connectivity index (χ1) is 9.63. The normalized spacial score (nSPS) is 10.3. The lowest BCUT2D eigenvalue weighted by molar-refractivity contribution is 0.407. The van der Waals surface area contributed by atoms with E-state index in [4.69, 9.17) is 10.00 Å². The van der Waals surface area contributed by atoms with Crippen LogP contribution in [0, 0.1) is 18.3 Å². The third-order valence-electron chi connectivity index (χ3n) is 3.16. The fourth-order valence-electron chi connectivity index (χ4n) is 2.14. The quantitative estimate of drug-likeness (QED) is 0.901. The summed E-state index contributed by atoms with van der Waals surface area (Å²) in [6, 6.07) is 7.57. The van der Waals surface area contributed by atoms with Crippen molar-refractivity contribution in [2.45, 2.75) is 20.0 Å². The summed E-state index contributed by atoms with van der Waals surface area (Å²) in [5.41, 5.74) is 3.81. The van der Waals surface area contributed by atoms with Crippen LogP contribution < -0.4 is 10.1 Å². The summed E-state index contributed by atoms with van der Waals surface area (Å²) in [5, 5.41) is 16.6. The second kappa shape index (κ2) is 6.22. The standard InChI is InChI=1S/C15H18N4O/c1-11-14(10-19(2)18-11)9-17-8-13-6-12(7-16)4-5-15(13)20-3/h4-6,10,17H,8-9H2,1-3H3. The van der Waals surface area contributed by atoms with Gasteiger partial charge in [0.25, 0.3) is 0 Å². The Morgan fingerprint density at radius 3 is 2.70 bits per heavy atom. The van der Waals surface area contributed by atoms with Gasteiger partial charge in [-0.3, -0.25) is 4.68 Å². The van der Waals surface area contributed by atoms with Crippen LogP contribution in [-0.2, 0) is 20.1 Å². The number of nitrogens with zero attached hydrogens (tertiary/aromatic N) is 3. The van der Waals surface area contributed by atoms with Crippen molar-refractivity contribution in [2.75, 3.05) is 7.11 Å². The zero-order valence-electron chi connectivity index (χ0n) is 12.0. The van der Waals surface area contributed by atoms with Crippen LogP contribution in [0.5, 0.6) is 5.75 Å². The van der Waals surface area contributed by atoms with E-state index in [0.29, 0.717) is 12.1 Å². The van der Waals surface area contributed by atoms with E-state index in [-0.39, 0.29) is 0 Å². The molecule has 0 saturated carbocycles. The van der Waals surface area contributed by atoms with Crippen LogP contribution in [0.4, 0.5) is 0 Å². The molecule has 0 unspecified atom stereocenters. The van der Waals surface area contributed by atoms with Gasteiger partial charge in [0.15, 0.2) is 0 Å². The number of nitriles is 1. The molecule has 0 atom stereocenters. The van der Waals surface area contributed by atoms with Gasteiger partial charge < -0.3 is 10.1 Å². The molecule has 0 saturated heterocycles. The van der Waals surface area contributed by atoms with Gasteiger partial charge in [-0.05, 0) is 25.1 Å². The van der Waals surface area contributed by atoms with Crippen molar-refractivity contribution in [3.05, 3.63) is 46.8 Å². The molecule has 0 radical (unpaired) electrons. The Labute approximate surface area is 118 Å². The summed E-state index contributed by atoms with van der Waals surface area (Å²) in [6.07, 6.45) is 2.01. The van der Waals surface area contributed by atoms with Gasteiger partial charge >= 0.3 is 0 Å². The van der Waals surface area contributed by atoms with Gasteiger partial charge in [0, 0.05) is 37.5 Å². The van der Waals surface area contributed by atoms with E-state index in [1.54, 1.807) is 13.2 Å². The maximum Gasteiger partial charge on any atom is 0.123 e. The Hall–Kier alpha value is -2.32. The second-order valence-electron chi connectivity index (χ2n) is 4.66. The number of methoxy groups -OCH3 is 1. The van der Waals surface area contributed by atoms with Crippen molar-refractivity contribution in [1.29, 1.82) is 5.26 Å². The lowest BCUT2D eigenvalue weighted by atomic mass is 10.1. The molecule has 20 heavy (non-hydrogen) atoms. The molecule has 1 heterocycles. The second-order valence-corrected chi connectivity index (χ2v) is 4.66. The SMILES string of the molecule is COc1ccc(C#N)cc1CNCc1cn(C)nc1C. The van der Waals surface area contributed by atoms with Crippen molar-refractivity contribution < 1.29 is 4.74 Å².